The van der Waals surface area contributed by atoms with E-state index in [9.17, 15) is 26.7 Å². The molecule has 0 saturated heterocycles. The van der Waals surface area contributed by atoms with Crippen molar-refractivity contribution in [2.45, 2.75) is 25.7 Å². The monoisotopic (exact) mass is 347 g/mol. The molecule has 0 N–H and O–H groups in total. The second-order valence-electron chi connectivity index (χ2n) is 5.25. The van der Waals surface area contributed by atoms with E-state index in [1.807, 2.05) is 0 Å². The molecule has 0 aliphatic rings. The third-order valence-electron chi connectivity index (χ3n) is 3.63. The SMILES string of the molecule is CC(c1ccc(F)c(F)c1)N(C)C(=O)Cn1ccc(C(F)(F)F)n1. The number of hydrogen-bond acceptors (Lipinski definition) is 2. The van der Waals surface area contributed by atoms with Crippen LogP contribution in [0, 0.1) is 11.6 Å². The third-order valence-corrected chi connectivity index (χ3v) is 3.63. The summed E-state index contributed by atoms with van der Waals surface area (Å²) in [4.78, 5) is 13.4. The topological polar surface area (TPSA) is 38.1 Å². The molecule has 1 amide bonds. The predicted octanol–water partition coefficient (Wildman–Crippen LogP) is 3.40. The molecule has 9 heteroatoms. The Balaban J connectivity index is 2.08. The molecular formula is C15H14F5N3O. The van der Waals surface area contributed by atoms with Gasteiger partial charge in [-0.15, -0.1) is 0 Å². The fraction of sp³-hybridized carbons (Fsp3) is 0.333. The molecule has 1 unspecified atom stereocenters. The molecule has 1 aromatic heterocycles. The molecule has 0 aliphatic carbocycles. The number of aromatic nitrogens is 2. The fourth-order valence-electron chi connectivity index (χ4n) is 2.06. The van der Waals surface area contributed by atoms with E-state index < -0.39 is 42.0 Å². The van der Waals surface area contributed by atoms with Gasteiger partial charge in [-0.25, -0.2) is 8.78 Å². The minimum absolute atomic E-state index is 0.362. The Morgan fingerprint density at radius 1 is 1.25 bits per heavy atom. The van der Waals surface area contributed by atoms with Crippen LogP contribution in [-0.2, 0) is 17.5 Å². The number of benzene rings is 1. The number of likely N-dealkylation sites (N-methyl/N-ethyl adjacent to an activating group) is 1. The molecule has 0 bridgehead atoms. The number of carbonyl (C=O) groups is 1. The van der Waals surface area contributed by atoms with Crippen molar-refractivity contribution in [2.75, 3.05) is 7.05 Å². The number of nitrogens with zero attached hydrogens (tertiary/aromatic N) is 3. The van der Waals surface area contributed by atoms with E-state index in [1.54, 1.807) is 6.92 Å². The molecule has 24 heavy (non-hydrogen) atoms. The van der Waals surface area contributed by atoms with Crippen molar-refractivity contribution in [3.05, 3.63) is 53.4 Å². The van der Waals surface area contributed by atoms with Crippen LogP contribution >= 0.6 is 0 Å². The van der Waals surface area contributed by atoms with Gasteiger partial charge in [0.25, 0.3) is 0 Å². The van der Waals surface area contributed by atoms with Crippen molar-refractivity contribution in [3.63, 3.8) is 0 Å². The lowest BCUT2D eigenvalue weighted by atomic mass is 10.1. The van der Waals surface area contributed by atoms with Gasteiger partial charge in [-0.2, -0.15) is 18.3 Å². The standard InChI is InChI=1S/C15H14F5N3O/c1-9(10-3-4-11(16)12(17)7-10)22(2)14(24)8-23-6-5-13(21-23)15(18,19)20/h3-7,9H,8H2,1-2H3. The highest BCUT2D eigenvalue weighted by molar-refractivity contribution is 5.76. The Morgan fingerprint density at radius 2 is 1.92 bits per heavy atom. The molecule has 1 aromatic carbocycles. The molecule has 4 nitrogen and oxygen atoms in total. The minimum atomic E-state index is -4.58. The fourth-order valence-corrected chi connectivity index (χ4v) is 2.06. The van der Waals surface area contributed by atoms with Crippen LogP contribution in [-0.4, -0.2) is 27.6 Å². The Labute approximate surface area is 134 Å². The molecular weight excluding hydrogens is 333 g/mol. The summed E-state index contributed by atoms with van der Waals surface area (Å²) in [6.07, 6.45) is -3.53. The first-order valence-electron chi connectivity index (χ1n) is 6.91. The van der Waals surface area contributed by atoms with Gasteiger partial charge in [0.05, 0.1) is 6.04 Å². The van der Waals surface area contributed by atoms with Gasteiger partial charge in [0, 0.05) is 13.2 Å². The number of halogens is 5. The van der Waals surface area contributed by atoms with Crippen LogP contribution in [0.15, 0.2) is 30.5 Å². The zero-order chi connectivity index (χ0) is 18.1. The highest BCUT2D eigenvalue weighted by atomic mass is 19.4. The lowest BCUT2D eigenvalue weighted by Gasteiger charge is -2.25. The summed E-state index contributed by atoms with van der Waals surface area (Å²) >= 11 is 0. The van der Waals surface area contributed by atoms with Gasteiger partial charge in [0.15, 0.2) is 17.3 Å². The van der Waals surface area contributed by atoms with Gasteiger partial charge in [-0.05, 0) is 30.7 Å². The van der Waals surface area contributed by atoms with Crippen LogP contribution in [0.2, 0.25) is 0 Å². The van der Waals surface area contributed by atoms with Crippen LogP contribution in [0.4, 0.5) is 22.0 Å². The van der Waals surface area contributed by atoms with Crippen LogP contribution in [0.25, 0.3) is 0 Å². The Kier molecular flexibility index (Phi) is 4.91. The number of amides is 1. The summed E-state index contributed by atoms with van der Waals surface area (Å²) in [5, 5.41) is 3.30. The average Bonchev–Trinajstić information content (AvgIpc) is 2.97. The molecule has 0 aliphatic heterocycles. The molecule has 0 radical (unpaired) electrons. The zero-order valence-electron chi connectivity index (χ0n) is 12.8. The van der Waals surface area contributed by atoms with Gasteiger partial charge in [-0.1, -0.05) is 6.07 Å². The molecule has 2 aromatic rings. The Morgan fingerprint density at radius 3 is 2.46 bits per heavy atom. The normalized spacial score (nSPS) is 13.0. The van der Waals surface area contributed by atoms with Crippen molar-refractivity contribution in [2.24, 2.45) is 0 Å². The van der Waals surface area contributed by atoms with Crippen molar-refractivity contribution in [3.8, 4) is 0 Å². The second-order valence-corrected chi connectivity index (χ2v) is 5.25. The summed E-state index contributed by atoms with van der Waals surface area (Å²) in [5.74, 6) is -2.57. The molecule has 1 heterocycles. The quantitative estimate of drug-likeness (QED) is 0.795. The summed E-state index contributed by atoms with van der Waals surface area (Å²) in [6.45, 7) is 1.19. The lowest BCUT2D eigenvalue weighted by Crippen LogP contribution is -2.33. The van der Waals surface area contributed by atoms with Crippen LogP contribution in [0.5, 0.6) is 0 Å². The first-order chi connectivity index (χ1) is 11.1. The maximum Gasteiger partial charge on any atom is 0.435 e. The van der Waals surface area contributed by atoms with E-state index in [1.165, 1.54) is 18.0 Å². The summed E-state index contributed by atoms with van der Waals surface area (Å²) < 4.78 is 64.5. The number of hydrogen-bond donors (Lipinski definition) is 0. The number of carbonyl (C=O) groups excluding carboxylic acids is 1. The van der Waals surface area contributed by atoms with E-state index in [2.05, 4.69) is 5.10 Å². The summed E-state index contributed by atoms with van der Waals surface area (Å²) in [7, 11) is 1.42. The predicted molar refractivity (Wildman–Crippen MR) is 74.8 cm³/mol. The van der Waals surface area contributed by atoms with Crippen LogP contribution in [0.3, 0.4) is 0 Å². The van der Waals surface area contributed by atoms with E-state index >= 15 is 0 Å². The zero-order valence-corrected chi connectivity index (χ0v) is 12.8. The third kappa shape index (κ3) is 3.90. The maximum atomic E-state index is 13.3. The van der Waals surface area contributed by atoms with Crippen molar-refractivity contribution < 1.29 is 26.7 Å². The number of rotatable bonds is 4. The number of alkyl halides is 3. The van der Waals surface area contributed by atoms with Crippen LogP contribution < -0.4 is 0 Å². The van der Waals surface area contributed by atoms with Crippen molar-refractivity contribution in [1.82, 2.24) is 14.7 Å². The van der Waals surface area contributed by atoms with Crippen LogP contribution in [0.1, 0.15) is 24.2 Å². The van der Waals surface area contributed by atoms with Gasteiger partial charge >= 0.3 is 6.18 Å². The van der Waals surface area contributed by atoms with E-state index in [-0.39, 0.29) is 0 Å². The molecule has 0 saturated carbocycles. The van der Waals surface area contributed by atoms with Gasteiger partial charge in [0.1, 0.15) is 6.54 Å². The molecule has 0 spiro atoms. The molecule has 0 fully saturated rings. The van der Waals surface area contributed by atoms with E-state index in [0.29, 0.717) is 5.56 Å². The minimum Gasteiger partial charge on any atom is -0.337 e. The Bertz CT molecular complexity index is 741. The highest BCUT2D eigenvalue weighted by Crippen LogP contribution is 2.27. The van der Waals surface area contributed by atoms with Gasteiger partial charge in [-0.3, -0.25) is 9.48 Å². The van der Waals surface area contributed by atoms with Crippen molar-refractivity contribution >= 4 is 5.91 Å². The van der Waals surface area contributed by atoms with E-state index in [4.69, 9.17) is 0 Å². The van der Waals surface area contributed by atoms with Gasteiger partial charge < -0.3 is 4.90 Å². The summed E-state index contributed by atoms with van der Waals surface area (Å²) in [5.41, 5.74) is -0.729. The largest absolute Gasteiger partial charge is 0.435 e. The summed E-state index contributed by atoms with van der Waals surface area (Å²) in [6, 6.07) is 3.43. The highest BCUT2D eigenvalue weighted by Gasteiger charge is 2.33. The second kappa shape index (κ2) is 6.58. The van der Waals surface area contributed by atoms with E-state index in [0.717, 1.165) is 29.1 Å². The molecule has 130 valence electrons. The first kappa shape index (κ1) is 17.9. The Hall–Kier alpha value is -2.45. The molecule has 2 rings (SSSR count). The molecule has 1 atom stereocenters. The van der Waals surface area contributed by atoms with Crippen molar-refractivity contribution in [1.29, 1.82) is 0 Å². The first-order valence-corrected chi connectivity index (χ1v) is 6.91. The van der Waals surface area contributed by atoms with Gasteiger partial charge in [0.2, 0.25) is 5.91 Å². The lowest BCUT2D eigenvalue weighted by molar-refractivity contribution is -0.142. The maximum absolute atomic E-state index is 13.3. The smallest absolute Gasteiger partial charge is 0.337 e. The average molecular weight is 347 g/mol.